The molecule has 0 spiro atoms. The van der Waals surface area contributed by atoms with Gasteiger partial charge in [-0.15, -0.1) is 0 Å². The van der Waals surface area contributed by atoms with E-state index in [-0.39, 0.29) is 20.8 Å². The summed E-state index contributed by atoms with van der Waals surface area (Å²) in [6.45, 7) is 2.43. The zero-order valence-corrected chi connectivity index (χ0v) is 14.9. The highest BCUT2D eigenvalue weighted by molar-refractivity contribution is 6.43. The summed E-state index contributed by atoms with van der Waals surface area (Å²) in [6, 6.07) is 2.69. The van der Waals surface area contributed by atoms with E-state index in [0.29, 0.717) is 6.61 Å². The van der Waals surface area contributed by atoms with Gasteiger partial charge in [-0.05, 0) is 12.5 Å². The van der Waals surface area contributed by atoms with Crippen molar-refractivity contribution in [1.82, 2.24) is 0 Å². The fraction of sp³-hybridized carbons (Fsp3) is 0.375. The van der Waals surface area contributed by atoms with Crippen molar-refractivity contribution in [3.8, 4) is 5.75 Å². The Bertz CT molecular complexity index is 585. The lowest BCUT2D eigenvalue weighted by atomic mass is 10.2. The smallest absolute Gasteiger partial charge is 0.336 e. The Labute approximate surface area is 150 Å². The number of unbranched alkanes of at least 4 members (excludes halogenated alkanes) is 3. The standard InChI is InChI=1S/C16H17Cl3O4/c1-2-3-4-5-8-22-15(20)6-7-16(21)23-14-10-12(18)11(17)9-13(14)19/h6-7,9-10H,2-5,8H2,1H3/b7-6+. The van der Waals surface area contributed by atoms with Gasteiger partial charge in [0.25, 0.3) is 0 Å². The van der Waals surface area contributed by atoms with Crippen molar-refractivity contribution in [1.29, 1.82) is 0 Å². The van der Waals surface area contributed by atoms with Crippen LogP contribution in [0.3, 0.4) is 0 Å². The third-order valence-corrected chi connectivity index (χ3v) is 3.80. The maximum absolute atomic E-state index is 11.6. The van der Waals surface area contributed by atoms with E-state index in [2.05, 4.69) is 6.92 Å². The second-order valence-corrected chi connectivity index (χ2v) is 5.90. The number of ether oxygens (including phenoxy) is 2. The number of carbonyl (C=O) groups is 2. The lowest BCUT2D eigenvalue weighted by Crippen LogP contribution is -2.07. The Morgan fingerprint density at radius 2 is 1.61 bits per heavy atom. The molecule has 0 bridgehead atoms. The first-order chi connectivity index (χ1) is 10.9. The molecule has 0 heterocycles. The molecule has 0 aliphatic rings. The van der Waals surface area contributed by atoms with E-state index in [1.54, 1.807) is 0 Å². The summed E-state index contributed by atoms with van der Waals surface area (Å²) in [5, 5.41) is 0.590. The molecule has 0 unspecified atom stereocenters. The fourth-order valence-corrected chi connectivity index (χ4v) is 2.19. The molecule has 0 saturated carbocycles. The molecule has 1 aromatic rings. The van der Waals surface area contributed by atoms with Gasteiger partial charge < -0.3 is 9.47 Å². The molecule has 0 aromatic heterocycles. The van der Waals surface area contributed by atoms with Gasteiger partial charge in [0, 0.05) is 18.2 Å². The number of rotatable bonds is 8. The van der Waals surface area contributed by atoms with Gasteiger partial charge in [-0.3, -0.25) is 0 Å². The van der Waals surface area contributed by atoms with Gasteiger partial charge in [0.1, 0.15) is 0 Å². The first kappa shape index (κ1) is 19.8. The molecule has 7 heteroatoms. The highest BCUT2D eigenvalue weighted by Gasteiger charge is 2.10. The van der Waals surface area contributed by atoms with E-state index in [0.717, 1.165) is 37.8 Å². The fourth-order valence-electron chi connectivity index (χ4n) is 1.61. The molecule has 0 atom stereocenters. The number of benzene rings is 1. The SMILES string of the molecule is CCCCCCOC(=O)/C=C/C(=O)Oc1cc(Cl)c(Cl)cc1Cl. The summed E-state index contributed by atoms with van der Waals surface area (Å²) in [4.78, 5) is 23.0. The summed E-state index contributed by atoms with van der Waals surface area (Å²) in [6.07, 6.45) is 5.99. The topological polar surface area (TPSA) is 52.6 Å². The van der Waals surface area contributed by atoms with Gasteiger partial charge in [-0.25, -0.2) is 9.59 Å². The van der Waals surface area contributed by atoms with Crippen LogP contribution >= 0.6 is 34.8 Å². The van der Waals surface area contributed by atoms with Crippen LogP contribution in [0.5, 0.6) is 5.75 Å². The maximum atomic E-state index is 11.6. The van der Waals surface area contributed by atoms with E-state index in [1.807, 2.05) is 0 Å². The molecule has 126 valence electrons. The lowest BCUT2D eigenvalue weighted by molar-refractivity contribution is -0.138. The van der Waals surface area contributed by atoms with Crippen molar-refractivity contribution < 1.29 is 19.1 Å². The molecule has 0 saturated heterocycles. The Morgan fingerprint density at radius 3 is 2.30 bits per heavy atom. The zero-order valence-electron chi connectivity index (χ0n) is 12.6. The van der Waals surface area contributed by atoms with E-state index >= 15 is 0 Å². The van der Waals surface area contributed by atoms with Crippen LogP contribution in [0, 0.1) is 0 Å². The van der Waals surface area contributed by atoms with Gasteiger partial charge in [0.05, 0.1) is 21.7 Å². The lowest BCUT2D eigenvalue weighted by Gasteiger charge is -2.05. The molecular weight excluding hydrogens is 363 g/mol. The van der Waals surface area contributed by atoms with Crippen LogP contribution in [0.15, 0.2) is 24.3 Å². The Balaban J connectivity index is 2.44. The van der Waals surface area contributed by atoms with Gasteiger partial charge in [0.2, 0.25) is 0 Å². The van der Waals surface area contributed by atoms with Crippen LogP contribution < -0.4 is 4.74 Å². The molecule has 23 heavy (non-hydrogen) atoms. The molecule has 1 aromatic carbocycles. The van der Waals surface area contributed by atoms with E-state index in [4.69, 9.17) is 44.3 Å². The summed E-state index contributed by atoms with van der Waals surface area (Å²) >= 11 is 17.5. The first-order valence-electron chi connectivity index (χ1n) is 7.15. The third kappa shape index (κ3) is 7.73. The summed E-state index contributed by atoms with van der Waals surface area (Å²) in [7, 11) is 0. The third-order valence-electron chi connectivity index (χ3n) is 2.78. The average molecular weight is 380 g/mol. The molecule has 0 amide bonds. The minimum Gasteiger partial charge on any atom is -0.463 e. The molecular formula is C16H17Cl3O4. The van der Waals surface area contributed by atoms with Crippen molar-refractivity contribution in [3.63, 3.8) is 0 Å². The van der Waals surface area contributed by atoms with Crippen molar-refractivity contribution in [2.24, 2.45) is 0 Å². The number of carbonyl (C=O) groups excluding carboxylic acids is 2. The van der Waals surface area contributed by atoms with E-state index < -0.39 is 11.9 Å². The number of halogens is 3. The number of esters is 2. The van der Waals surface area contributed by atoms with Gasteiger partial charge >= 0.3 is 11.9 Å². The number of hydrogen-bond acceptors (Lipinski definition) is 4. The first-order valence-corrected chi connectivity index (χ1v) is 8.28. The zero-order chi connectivity index (χ0) is 17.2. The summed E-state index contributed by atoms with van der Waals surface area (Å²) in [5.41, 5.74) is 0. The van der Waals surface area contributed by atoms with Crippen LogP contribution in [-0.4, -0.2) is 18.5 Å². The molecule has 0 radical (unpaired) electrons. The van der Waals surface area contributed by atoms with Gasteiger partial charge in [-0.2, -0.15) is 0 Å². The Hall–Kier alpha value is -1.23. The minimum atomic E-state index is -0.770. The van der Waals surface area contributed by atoms with Crippen molar-refractivity contribution in [2.45, 2.75) is 32.6 Å². The van der Waals surface area contributed by atoms with Gasteiger partial charge in [-0.1, -0.05) is 61.0 Å². The maximum Gasteiger partial charge on any atom is 0.336 e. The molecule has 4 nitrogen and oxygen atoms in total. The monoisotopic (exact) mass is 378 g/mol. The normalized spacial score (nSPS) is 10.8. The van der Waals surface area contributed by atoms with Crippen molar-refractivity contribution in [2.75, 3.05) is 6.61 Å². The highest BCUT2D eigenvalue weighted by Crippen LogP contribution is 2.33. The highest BCUT2D eigenvalue weighted by atomic mass is 35.5. The molecule has 1 rings (SSSR count). The quantitative estimate of drug-likeness (QED) is 0.204. The second-order valence-electron chi connectivity index (χ2n) is 4.68. The van der Waals surface area contributed by atoms with Crippen molar-refractivity contribution >= 4 is 46.7 Å². The largest absolute Gasteiger partial charge is 0.463 e. The molecule has 0 aliphatic heterocycles. The van der Waals surface area contributed by atoms with E-state index in [1.165, 1.54) is 12.1 Å². The summed E-state index contributed by atoms with van der Waals surface area (Å²) in [5.74, 6) is -1.31. The Morgan fingerprint density at radius 1 is 0.957 bits per heavy atom. The second kappa shape index (κ2) is 10.5. The predicted octanol–water partition coefficient (Wildman–Crippen LogP) is 5.23. The van der Waals surface area contributed by atoms with Gasteiger partial charge in [0.15, 0.2) is 5.75 Å². The van der Waals surface area contributed by atoms with Crippen LogP contribution in [0.2, 0.25) is 15.1 Å². The number of hydrogen-bond donors (Lipinski definition) is 0. The molecule has 0 N–H and O–H groups in total. The molecule has 0 aliphatic carbocycles. The molecule has 0 fully saturated rings. The average Bonchev–Trinajstić information content (AvgIpc) is 2.50. The van der Waals surface area contributed by atoms with Crippen LogP contribution in [-0.2, 0) is 14.3 Å². The predicted molar refractivity (Wildman–Crippen MR) is 91.3 cm³/mol. The Kier molecular flexibility index (Phi) is 9.07. The van der Waals surface area contributed by atoms with Crippen LogP contribution in [0.25, 0.3) is 0 Å². The van der Waals surface area contributed by atoms with E-state index in [9.17, 15) is 9.59 Å². The van der Waals surface area contributed by atoms with Crippen LogP contribution in [0.4, 0.5) is 0 Å². The van der Waals surface area contributed by atoms with Crippen molar-refractivity contribution in [3.05, 3.63) is 39.4 Å². The summed E-state index contributed by atoms with van der Waals surface area (Å²) < 4.78 is 9.93. The van der Waals surface area contributed by atoms with Crippen LogP contribution in [0.1, 0.15) is 32.6 Å². The minimum absolute atomic E-state index is 0.0589.